The van der Waals surface area contributed by atoms with Crippen molar-refractivity contribution in [2.24, 2.45) is 0 Å². The molecule has 0 aliphatic heterocycles. The van der Waals surface area contributed by atoms with Crippen LogP contribution in [0.5, 0.6) is 11.5 Å². The molecule has 3 aromatic rings. The Kier molecular flexibility index (Phi) is 10.7. The molecule has 4 rings (SSSR count). The molecule has 0 spiro atoms. The highest BCUT2D eigenvalue weighted by Gasteiger charge is 2.44. The maximum Gasteiger partial charge on any atom is 0.788 e. The Morgan fingerprint density at radius 2 is 1.14 bits per heavy atom. The van der Waals surface area contributed by atoms with Crippen LogP contribution < -0.4 is 9.31 Å². The van der Waals surface area contributed by atoms with Crippen molar-refractivity contribution in [1.29, 1.82) is 0 Å². The van der Waals surface area contributed by atoms with E-state index in [9.17, 15) is 0 Å². The van der Waals surface area contributed by atoms with E-state index in [-0.39, 0.29) is 5.60 Å². The van der Waals surface area contributed by atoms with Crippen LogP contribution in [-0.4, -0.2) is 45.1 Å². The lowest BCUT2D eigenvalue weighted by molar-refractivity contribution is -0.877. The molecule has 1 aliphatic carbocycles. The number of benzene rings is 3. The molecule has 4 nitrogen and oxygen atoms in total. The first kappa shape index (κ1) is 26.8. The van der Waals surface area contributed by atoms with Crippen LogP contribution in [0.4, 0.5) is 0 Å². The summed E-state index contributed by atoms with van der Waals surface area (Å²) in [4.78, 5) is 0. The lowest BCUT2D eigenvalue weighted by Crippen LogP contribution is -2.55. The van der Waals surface area contributed by atoms with Crippen LogP contribution in [0.2, 0.25) is 0 Å². The predicted molar refractivity (Wildman–Crippen MR) is 144 cm³/mol. The summed E-state index contributed by atoms with van der Waals surface area (Å²) in [5.41, 5.74) is -0.257. The van der Waals surface area contributed by atoms with Crippen molar-refractivity contribution in [3.63, 3.8) is 0 Å². The normalized spacial score (nSPS) is 15.5. The highest BCUT2D eigenvalue weighted by molar-refractivity contribution is 6.38. The Labute approximate surface area is 212 Å². The first-order chi connectivity index (χ1) is 16.9. The van der Waals surface area contributed by atoms with Crippen molar-refractivity contribution < 1.29 is 18.4 Å². The third-order valence-electron chi connectivity index (χ3n) is 5.93. The molecule has 0 unspecified atom stereocenters. The SMILES string of the molecule is C[N+](C)(C)CC1(OB(Oc2ccccc2)Oc2ccccc2)CCCCCCC1.[c-]1ccccc1. The zero-order chi connectivity index (χ0) is 24.8. The molecule has 0 atom stereocenters. The molecule has 0 N–H and O–H groups in total. The van der Waals surface area contributed by atoms with Crippen LogP contribution in [0, 0.1) is 6.07 Å². The summed E-state index contributed by atoms with van der Waals surface area (Å²) in [5.74, 6) is 1.50. The van der Waals surface area contributed by atoms with Crippen molar-refractivity contribution in [1.82, 2.24) is 0 Å². The van der Waals surface area contributed by atoms with Crippen molar-refractivity contribution in [2.45, 2.75) is 50.5 Å². The monoisotopic (exact) mass is 473 g/mol. The average molecular weight is 473 g/mol. The fourth-order valence-corrected chi connectivity index (χ4v) is 4.57. The number of hydrogen-bond donors (Lipinski definition) is 0. The highest BCUT2D eigenvalue weighted by atomic mass is 16.7. The quantitative estimate of drug-likeness (QED) is 0.204. The van der Waals surface area contributed by atoms with E-state index in [1.54, 1.807) is 0 Å². The maximum absolute atomic E-state index is 6.74. The van der Waals surface area contributed by atoms with Gasteiger partial charge in [0.05, 0.1) is 21.1 Å². The Hall–Kier alpha value is -2.76. The van der Waals surface area contributed by atoms with E-state index < -0.39 is 7.32 Å². The smallest absolute Gasteiger partial charge is 0.501 e. The highest BCUT2D eigenvalue weighted by Crippen LogP contribution is 2.33. The third-order valence-corrected chi connectivity index (χ3v) is 5.93. The molecule has 1 fully saturated rings. The summed E-state index contributed by atoms with van der Waals surface area (Å²) >= 11 is 0. The van der Waals surface area contributed by atoms with Crippen LogP contribution in [0.3, 0.4) is 0 Å². The van der Waals surface area contributed by atoms with Gasteiger partial charge in [-0.2, -0.15) is 36.4 Å². The second-order valence-electron chi connectivity index (χ2n) is 10.2. The molecule has 0 aromatic heterocycles. The molecule has 186 valence electrons. The molecule has 5 heteroatoms. The van der Waals surface area contributed by atoms with Crippen molar-refractivity contribution in [3.8, 4) is 11.5 Å². The molecule has 0 amide bonds. The third kappa shape index (κ3) is 10.6. The lowest BCUT2D eigenvalue weighted by atomic mass is 9.84. The lowest BCUT2D eigenvalue weighted by Gasteiger charge is -2.41. The average Bonchev–Trinajstić information content (AvgIpc) is 2.83. The van der Waals surface area contributed by atoms with Gasteiger partial charge in [-0.1, -0.05) is 68.5 Å². The summed E-state index contributed by atoms with van der Waals surface area (Å²) in [6.07, 6.45) is 8.31. The molecule has 0 bridgehead atoms. The van der Waals surface area contributed by atoms with E-state index in [0.717, 1.165) is 35.4 Å². The van der Waals surface area contributed by atoms with Gasteiger partial charge in [-0.05, 0) is 37.1 Å². The van der Waals surface area contributed by atoms with Crippen LogP contribution in [0.25, 0.3) is 0 Å². The van der Waals surface area contributed by atoms with Gasteiger partial charge in [0.15, 0.2) is 0 Å². The first-order valence-corrected chi connectivity index (χ1v) is 12.8. The summed E-state index contributed by atoms with van der Waals surface area (Å²) < 4.78 is 20.0. The zero-order valence-corrected chi connectivity index (χ0v) is 21.6. The Bertz CT molecular complexity index is 856. The molecule has 0 radical (unpaired) electrons. The molecule has 1 saturated carbocycles. The van der Waals surface area contributed by atoms with Crippen LogP contribution in [-0.2, 0) is 4.65 Å². The minimum atomic E-state index is -0.786. The Morgan fingerprint density at radius 3 is 1.54 bits per heavy atom. The van der Waals surface area contributed by atoms with Crippen molar-refractivity contribution in [3.05, 3.63) is 97.1 Å². The number of hydrogen-bond acceptors (Lipinski definition) is 3. The second kappa shape index (κ2) is 14.0. The van der Waals surface area contributed by atoms with Gasteiger partial charge in [-0.3, -0.25) is 0 Å². The number of para-hydroxylation sites is 2. The fraction of sp³-hybridized carbons (Fsp3) is 0.400. The van der Waals surface area contributed by atoms with Gasteiger partial charge in [-0.25, -0.2) is 0 Å². The topological polar surface area (TPSA) is 27.7 Å². The van der Waals surface area contributed by atoms with Gasteiger partial charge < -0.3 is 18.4 Å². The summed E-state index contributed by atoms with van der Waals surface area (Å²) in [6, 6.07) is 32.1. The summed E-state index contributed by atoms with van der Waals surface area (Å²) in [7, 11) is 5.91. The fourth-order valence-electron chi connectivity index (χ4n) is 4.57. The van der Waals surface area contributed by atoms with E-state index >= 15 is 0 Å². The molecular weight excluding hydrogens is 433 g/mol. The van der Waals surface area contributed by atoms with Gasteiger partial charge in [0.25, 0.3) is 0 Å². The standard InChI is InChI=1S/C24H35BNO3.C6H5/c1-26(2,3)21-24(19-13-5-4-6-14-20-24)29-25(27-22-15-9-7-10-16-22)28-23-17-11-8-12-18-23;1-2-4-6-5-3-1/h7-12,15-18H,4-6,13-14,19-21H2,1-3H3;1-5H/q+1;-1. The largest absolute Gasteiger partial charge is 0.788 e. The van der Waals surface area contributed by atoms with Gasteiger partial charge in [0.1, 0.15) is 23.6 Å². The summed E-state index contributed by atoms with van der Waals surface area (Å²) in [6.45, 7) is 0.930. The van der Waals surface area contributed by atoms with Crippen molar-refractivity contribution >= 4 is 7.32 Å². The predicted octanol–water partition coefficient (Wildman–Crippen LogP) is 6.82. The van der Waals surface area contributed by atoms with Crippen molar-refractivity contribution in [2.75, 3.05) is 27.7 Å². The van der Waals surface area contributed by atoms with Crippen LogP contribution in [0.15, 0.2) is 91.0 Å². The second-order valence-corrected chi connectivity index (χ2v) is 10.2. The molecule has 35 heavy (non-hydrogen) atoms. The van der Waals surface area contributed by atoms with Gasteiger partial charge in [0, 0.05) is 0 Å². The molecule has 1 aliphatic rings. The number of likely N-dealkylation sites (N-methyl/N-ethyl adjacent to an activating group) is 1. The Balaban J connectivity index is 0.000000497. The van der Waals surface area contributed by atoms with Crippen LogP contribution >= 0.6 is 0 Å². The molecule has 0 saturated heterocycles. The minimum absolute atomic E-state index is 0.257. The molecule has 0 heterocycles. The van der Waals surface area contributed by atoms with E-state index in [0.29, 0.717) is 0 Å². The van der Waals surface area contributed by atoms with Gasteiger partial charge in [-0.15, -0.1) is 0 Å². The molecule has 3 aromatic carbocycles. The molecular formula is C30H40BNO3. The maximum atomic E-state index is 6.74. The van der Waals surface area contributed by atoms with E-state index in [2.05, 4.69) is 27.2 Å². The summed E-state index contributed by atoms with van der Waals surface area (Å²) in [5, 5.41) is 0. The number of rotatable bonds is 8. The van der Waals surface area contributed by atoms with E-state index in [1.807, 2.05) is 91.0 Å². The van der Waals surface area contributed by atoms with Gasteiger partial charge >= 0.3 is 7.32 Å². The van der Waals surface area contributed by atoms with E-state index in [1.165, 1.54) is 32.1 Å². The minimum Gasteiger partial charge on any atom is -0.501 e. The van der Waals surface area contributed by atoms with Crippen LogP contribution in [0.1, 0.15) is 44.9 Å². The van der Waals surface area contributed by atoms with E-state index in [4.69, 9.17) is 14.0 Å². The first-order valence-electron chi connectivity index (χ1n) is 12.8. The Morgan fingerprint density at radius 1 is 0.686 bits per heavy atom. The zero-order valence-electron chi connectivity index (χ0n) is 21.6. The number of quaternary nitrogens is 1. The van der Waals surface area contributed by atoms with Gasteiger partial charge in [0.2, 0.25) is 0 Å². The number of nitrogens with zero attached hydrogens (tertiary/aromatic N) is 1.